The highest BCUT2D eigenvalue weighted by Crippen LogP contribution is 2.23. The maximum atomic E-state index is 13.1. The van der Waals surface area contributed by atoms with E-state index in [1.807, 2.05) is 6.08 Å². The second-order valence-electron chi connectivity index (χ2n) is 22.2. The normalized spacial score (nSPS) is 19.3. The molecule has 1 heterocycles. The highest BCUT2D eigenvalue weighted by molar-refractivity contribution is 5.76. The topological polar surface area (TPSA) is 149 Å². The summed E-state index contributed by atoms with van der Waals surface area (Å²) in [5.41, 5.74) is 0. The maximum absolute atomic E-state index is 13.1. The molecule has 0 radical (unpaired) electrons. The van der Waals surface area contributed by atoms with Crippen molar-refractivity contribution in [1.82, 2.24) is 5.32 Å². The monoisotopic (exact) mass is 1060 g/mol. The van der Waals surface area contributed by atoms with Gasteiger partial charge in [-0.1, -0.05) is 293 Å². The summed E-state index contributed by atoms with van der Waals surface area (Å²) in [6.45, 7) is 3.68. The molecule has 1 aliphatic rings. The van der Waals surface area contributed by atoms with Crippen molar-refractivity contribution in [2.75, 3.05) is 13.2 Å². The second kappa shape index (κ2) is 55.2. The van der Waals surface area contributed by atoms with E-state index in [4.69, 9.17) is 9.47 Å². The first kappa shape index (κ1) is 70.9. The van der Waals surface area contributed by atoms with Crippen LogP contribution in [0.5, 0.6) is 0 Å². The smallest absolute Gasteiger partial charge is 0.220 e. The summed E-state index contributed by atoms with van der Waals surface area (Å²) in [4.78, 5) is 13.1. The Labute approximate surface area is 462 Å². The summed E-state index contributed by atoms with van der Waals surface area (Å²) < 4.78 is 11.3. The lowest BCUT2D eigenvalue weighted by molar-refractivity contribution is -0.302. The van der Waals surface area contributed by atoms with E-state index in [0.717, 1.165) is 83.5 Å². The van der Waals surface area contributed by atoms with Gasteiger partial charge < -0.3 is 40.3 Å². The van der Waals surface area contributed by atoms with E-state index in [-0.39, 0.29) is 12.5 Å². The average molecular weight is 1060 g/mol. The number of nitrogens with one attached hydrogen (secondary N) is 1. The van der Waals surface area contributed by atoms with Gasteiger partial charge in [0.2, 0.25) is 5.91 Å². The van der Waals surface area contributed by atoms with Crippen molar-refractivity contribution >= 4 is 5.91 Å². The molecule has 0 aromatic heterocycles. The molecule has 0 aromatic carbocycles. The van der Waals surface area contributed by atoms with Crippen LogP contribution in [0.15, 0.2) is 60.8 Å². The Kier molecular flexibility index (Phi) is 52.2. The van der Waals surface area contributed by atoms with E-state index < -0.39 is 49.5 Å². The number of allylic oxidation sites excluding steroid dienone is 9. The molecule has 0 aromatic rings. The average Bonchev–Trinajstić information content (AvgIpc) is 3.41. The van der Waals surface area contributed by atoms with Crippen molar-refractivity contribution in [3.8, 4) is 0 Å². The number of aliphatic hydroxyl groups is 5. The van der Waals surface area contributed by atoms with E-state index in [1.165, 1.54) is 193 Å². The number of amides is 1. The van der Waals surface area contributed by atoms with Crippen LogP contribution in [0.2, 0.25) is 0 Å². The van der Waals surface area contributed by atoms with Gasteiger partial charge in [-0.2, -0.15) is 0 Å². The lowest BCUT2D eigenvalue weighted by Crippen LogP contribution is -2.60. The van der Waals surface area contributed by atoms with Crippen LogP contribution in [0, 0.1) is 0 Å². The molecule has 1 aliphatic heterocycles. The van der Waals surface area contributed by atoms with Gasteiger partial charge in [-0.3, -0.25) is 4.79 Å². The molecular formula is C66H121NO8. The Morgan fingerprint density at radius 1 is 0.467 bits per heavy atom. The van der Waals surface area contributed by atoms with Crippen LogP contribution in [0.3, 0.4) is 0 Å². The van der Waals surface area contributed by atoms with E-state index in [1.54, 1.807) is 6.08 Å². The number of rotatable bonds is 55. The van der Waals surface area contributed by atoms with Gasteiger partial charge in [0.25, 0.3) is 0 Å². The Morgan fingerprint density at radius 3 is 1.23 bits per heavy atom. The number of unbranched alkanes of at least 4 members (excludes halogenated alkanes) is 37. The molecule has 7 atom stereocenters. The zero-order valence-corrected chi connectivity index (χ0v) is 48.8. The molecule has 9 heteroatoms. The van der Waals surface area contributed by atoms with Gasteiger partial charge in [-0.25, -0.2) is 0 Å². The minimum atomic E-state index is -1.57. The highest BCUT2D eigenvalue weighted by atomic mass is 16.7. The summed E-state index contributed by atoms with van der Waals surface area (Å²) in [7, 11) is 0. The molecule has 0 bridgehead atoms. The first-order valence-corrected chi connectivity index (χ1v) is 32.0. The summed E-state index contributed by atoms with van der Waals surface area (Å²) in [5, 5.41) is 54.6. The summed E-state index contributed by atoms with van der Waals surface area (Å²) in [6, 6.07) is -0.817. The summed E-state index contributed by atoms with van der Waals surface area (Å²) >= 11 is 0. The van der Waals surface area contributed by atoms with E-state index in [9.17, 15) is 30.3 Å². The molecule has 1 amide bonds. The molecule has 0 spiro atoms. The maximum Gasteiger partial charge on any atom is 0.220 e. The molecule has 0 saturated carbocycles. The van der Waals surface area contributed by atoms with Gasteiger partial charge in [0.15, 0.2) is 6.29 Å². The third-order valence-electron chi connectivity index (χ3n) is 15.1. The van der Waals surface area contributed by atoms with Crippen molar-refractivity contribution in [2.24, 2.45) is 0 Å². The Balaban J connectivity index is 2.15. The van der Waals surface area contributed by atoms with Gasteiger partial charge in [-0.15, -0.1) is 0 Å². The number of hydrogen-bond donors (Lipinski definition) is 6. The zero-order valence-electron chi connectivity index (χ0n) is 48.8. The van der Waals surface area contributed by atoms with E-state index in [2.05, 4.69) is 67.8 Å². The van der Waals surface area contributed by atoms with E-state index in [0.29, 0.717) is 6.42 Å². The predicted octanol–water partition coefficient (Wildman–Crippen LogP) is 16.6. The van der Waals surface area contributed by atoms with Crippen LogP contribution in [-0.4, -0.2) is 87.5 Å². The Morgan fingerprint density at radius 2 is 0.827 bits per heavy atom. The van der Waals surface area contributed by atoms with Crippen LogP contribution in [0.4, 0.5) is 0 Å². The number of carbonyl (C=O) groups excluding carboxylic acids is 1. The second-order valence-corrected chi connectivity index (χ2v) is 22.2. The third kappa shape index (κ3) is 44.4. The zero-order chi connectivity index (χ0) is 54.3. The van der Waals surface area contributed by atoms with Crippen LogP contribution >= 0.6 is 0 Å². The molecule has 1 fully saturated rings. The van der Waals surface area contributed by atoms with Crippen molar-refractivity contribution in [3.05, 3.63) is 60.8 Å². The highest BCUT2D eigenvalue weighted by Gasteiger charge is 2.44. The fourth-order valence-corrected chi connectivity index (χ4v) is 10.1. The van der Waals surface area contributed by atoms with Crippen molar-refractivity contribution < 1.29 is 39.8 Å². The van der Waals surface area contributed by atoms with Crippen LogP contribution < -0.4 is 5.32 Å². The van der Waals surface area contributed by atoms with Crippen LogP contribution in [-0.2, 0) is 14.3 Å². The molecule has 7 unspecified atom stereocenters. The van der Waals surface area contributed by atoms with Gasteiger partial charge in [-0.05, 0) is 57.8 Å². The molecule has 438 valence electrons. The lowest BCUT2D eigenvalue weighted by Gasteiger charge is -2.40. The quantitative estimate of drug-likeness (QED) is 0.0261. The molecule has 0 aliphatic carbocycles. The third-order valence-corrected chi connectivity index (χ3v) is 15.1. The number of aliphatic hydroxyl groups excluding tert-OH is 5. The first-order valence-electron chi connectivity index (χ1n) is 32.0. The first-order chi connectivity index (χ1) is 36.8. The Hall–Kier alpha value is -2.11. The molecule has 75 heavy (non-hydrogen) atoms. The summed E-state index contributed by atoms with van der Waals surface area (Å²) in [5.74, 6) is -0.189. The molecular weight excluding hydrogens is 935 g/mol. The minimum absolute atomic E-state index is 0.189. The fourth-order valence-electron chi connectivity index (χ4n) is 10.1. The van der Waals surface area contributed by atoms with Gasteiger partial charge in [0, 0.05) is 6.42 Å². The molecule has 1 saturated heterocycles. The van der Waals surface area contributed by atoms with Gasteiger partial charge >= 0.3 is 0 Å². The number of carbonyl (C=O) groups is 1. The fraction of sp³-hybridized carbons (Fsp3) is 0.833. The number of ether oxygens (including phenoxy) is 2. The summed E-state index contributed by atoms with van der Waals surface area (Å²) in [6.07, 6.45) is 68.9. The van der Waals surface area contributed by atoms with E-state index >= 15 is 0 Å². The molecule has 9 nitrogen and oxygen atoms in total. The molecule has 1 rings (SSSR count). The van der Waals surface area contributed by atoms with Crippen LogP contribution in [0.25, 0.3) is 0 Å². The predicted molar refractivity (Wildman–Crippen MR) is 318 cm³/mol. The Bertz CT molecular complexity index is 1360. The lowest BCUT2D eigenvalue weighted by atomic mass is 9.99. The number of hydrogen-bond acceptors (Lipinski definition) is 8. The van der Waals surface area contributed by atoms with Crippen molar-refractivity contribution in [2.45, 2.75) is 339 Å². The SMILES string of the molecule is CC/C=C\C/C=C\C/C=C\C/C=C\CCCCCCCCC(=O)NC(COC1OC(CO)C(O)C(O)C1O)C(O)/C=C/CCCCCCCCCCCCCCCCCCCCCCCCCCCCCCCCC. The largest absolute Gasteiger partial charge is 0.394 e. The van der Waals surface area contributed by atoms with Gasteiger partial charge in [0.1, 0.15) is 24.4 Å². The standard InChI is InChI=1S/C66H121NO8/c1-3-5-7-9-11-13-15-17-19-21-23-24-25-26-27-28-29-30-31-32-33-34-35-36-38-39-41-43-45-47-49-51-53-55-60(69)59(58-74-66-65(73)64(72)63(71)61(57-68)75-66)67-62(70)56-54-52-50-48-46-44-42-40-37-22-20-18-16-14-12-10-8-6-4-2/h6,8,12,14,18,20,37,40,53,55,59-61,63-66,68-69,71-73H,3-5,7,9-11,13,15-17,19,21-36,38-39,41-52,54,56-58H2,1-2H3,(H,67,70)/b8-6-,14-12-,20-18-,40-37-,55-53+. The van der Waals surface area contributed by atoms with Crippen molar-refractivity contribution in [1.29, 1.82) is 0 Å². The minimum Gasteiger partial charge on any atom is -0.394 e. The molecule has 6 N–H and O–H groups in total. The van der Waals surface area contributed by atoms with Gasteiger partial charge in [0.05, 0.1) is 25.4 Å². The van der Waals surface area contributed by atoms with Crippen LogP contribution in [0.1, 0.15) is 296 Å². The van der Waals surface area contributed by atoms with Crippen molar-refractivity contribution in [3.63, 3.8) is 0 Å².